The van der Waals surface area contributed by atoms with Gasteiger partial charge in [0.05, 0.1) is 0 Å². The van der Waals surface area contributed by atoms with E-state index in [1.54, 1.807) is 14.2 Å². The van der Waals surface area contributed by atoms with Crippen LogP contribution in [0.15, 0.2) is 18.2 Å². The molecule has 0 fully saturated rings. The molecule has 4 heteroatoms. The summed E-state index contributed by atoms with van der Waals surface area (Å²) in [5, 5.41) is 0. The summed E-state index contributed by atoms with van der Waals surface area (Å²) in [4.78, 5) is 0. The standard InChI is InChI=1S/C11H16O4/c1-9-5-4-6-10(14-7-12-2)11(9)15-8-13-3/h4-6H,7-8H2,1-3H3. The number of ether oxygens (including phenoxy) is 4. The molecule has 0 aliphatic heterocycles. The molecule has 0 unspecified atom stereocenters. The van der Waals surface area contributed by atoms with Gasteiger partial charge in [-0.1, -0.05) is 12.1 Å². The van der Waals surface area contributed by atoms with Crippen molar-refractivity contribution in [1.29, 1.82) is 0 Å². The lowest BCUT2D eigenvalue weighted by atomic mass is 10.2. The Kier molecular flexibility index (Phi) is 4.93. The number of para-hydroxylation sites is 1. The van der Waals surface area contributed by atoms with Crippen molar-refractivity contribution >= 4 is 0 Å². The third-order valence-electron chi connectivity index (χ3n) is 1.83. The fraction of sp³-hybridized carbons (Fsp3) is 0.455. The maximum absolute atomic E-state index is 5.41. The minimum Gasteiger partial charge on any atom is -0.464 e. The van der Waals surface area contributed by atoms with Crippen LogP contribution in [0, 0.1) is 6.92 Å². The average molecular weight is 212 g/mol. The Morgan fingerprint density at radius 3 is 2.33 bits per heavy atom. The van der Waals surface area contributed by atoms with E-state index in [-0.39, 0.29) is 13.6 Å². The maximum Gasteiger partial charge on any atom is 0.188 e. The predicted octanol–water partition coefficient (Wildman–Crippen LogP) is 1.96. The van der Waals surface area contributed by atoms with E-state index in [1.165, 1.54) is 0 Å². The van der Waals surface area contributed by atoms with Crippen molar-refractivity contribution in [2.24, 2.45) is 0 Å². The summed E-state index contributed by atoms with van der Waals surface area (Å²) >= 11 is 0. The number of hydrogen-bond acceptors (Lipinski definition) is 4. The summed E-state index contributed by atoms with van der Waals surface area (Å²) in [6, 6.07) is 5.68. The van der Waals surface area contributed by atoms with E-state index in [2.05, 4.69) is 0 Å². The molecule has 0 saturated carbocycles. The van der Waals surface area contributed by atoms with E-state index in [4.69, 9.17) is 18.9 Å². The Bertz CT molecular complexity index is 299. The molecule has 0 radical (unpaired) electrons. The molecule has 1 rings (SSSR count). The maximum atomic E-state index is 5.41. The largest absolute Gasteiger partial charge is 0.464 e. The fourth-order valence-corrected chi connectivity index (χ4v) is 1.16. The number of hydrogen-bond donors (Lipinski definition) is 0. The quantitative estimate of drug-likeness (QED) is 0.675. The summed E-state index contributed by atoms with van der Waals surface area (Å²) < 4.78 is 20.5. The Labute approximate surface area is 89.7 Å². The number of methoxy groups -OCH3 is 2. The zero-order chi connectivity index (χ0) is 11.1. The molecule has 0 atom stereocenters. The van der Waals surface area contributed by atoms with Crippen molar-refractivity contribution in [3.05, 3.63) is 23.8 Å². The van der Waals surface area contributed by atoms with Gasteiger partial charge in [0.1, 0.15) is 0 Å². The van der Waals surface area contributed by atoms with Gasteiger partial charge in [-0.3, -0.25) is 0 Å². The van der Waals surface area contributed by atoms with Crippen molar-refractivity contribution in [3.8, 4) is 11.5 Å². The van der Waals surface area contributed by atoms with Crippen LogP contribution < -0.4 is 9.47 Å². The molecule has 0 aliphatic carbocycles. The number of rotatable bonds is 6. The molecule has 84 valence electrons. The predicted molar refractivity (Wildman–Crippen MR) is 56.2 cm³/mol. The zero-order valence-corrected chi connectivity index (χ0v) is 9.28. The van der Waals surface area contributed by atoms with E-state index in [0.29, 0.717) is 11.5 Å². The third-order valence-corrected chi connectivity index (χ3v) is 1.83. The smallest absolute Gasteiger partial charge is 0.188 e. The van der Waals surface area contributed by atoms with E-state index >= 15 is 0 Å². The first-order valence-electron chi connectivity index (χ1n) is 4.62. The van der Waals surface area contributed by atoms with Crippen LogP contribution in [-0.2, 0) is 9.47 Å². The lowest BCUT2D eigenvalue weighted by molar-refractivity contribution is 0.0319. The van der Waals surface area contributed by atoms with E-state index in [1.807, 2.05) is 25.1 Å². The SMILES string of the molecule is COCOc1cccc(C)c1OCOC. The first-order valence-corrected chi connectivity index (χ1v) is 4.62. The molecule has 0 N–H and O–H groups in total. The number of aryl methyl sites for hydroxylation is 1. The van der Waals surface area contributed by atoms with Crippen molar-refractivity contribution in [2.45, 2.75) is 6.92 Å². The van der Waals surface area contributed by atoms with E-state index in [0.717, 1.165) is 5.56 Å². The normalized spacial score (nSPS) is 10.1. The second-order valence-electron chi connectivity index (χ2n) is 3.00. The Balaban J connectivity index is 2.77. The second kappa shape index (κ2) is 6.27. The van der Waals surface area contributed by atoms with E-state index in [9.17, 15) is 0 Å². The molecule has 0 amide bonds. The van der Waals surface area contributed by atoms with Crippen LogP contribution in [0.25, 0.3) is 0 Å². The average Bonchev–Trinajstić information content (AvgIpc) is 2.25. The first kappa shape index (κ1) is 11.8. The number of benzene rings is 1. The van der Waals surface area contributed by atoms with Gasteiger partial charge in [-0.15, -0.1) is 0 Å². The molecule has 4 nitrogen and oxygen atoms in total. The Hall–Kier alpha value is -1.26. The minimum atomic E-state index is 0.201. The fourth-order valence-electron chi connectivity index (χ4n) is 1.16. The van der Waals surface area contributed by atoms with Gasteiger partial charge in [-0.25, -0.2) is 0 Å². The lowest BCUT2D eigenvalue weighted by Crippen LogP contribution is -2.05. The van der Waals surface area contributed by atoms with Crippen LogP contribution >= 0.6 is 0 Å². The molecular weight excluding hydrogens is 196 g/mol. The molecule has 0 heterocycles. The monoisotopic (exact) mass is 212 g/mol. The van der Waals surface area contributed by atoms with Gasteiger partial charge in [0.25, 0.3) is 0 Å². The van der Waals surface area contributed by atoms with Crippen molar-refractivity contribution < 1.29 is 18.9 Å². The Morgan fingerprint density at radius 2 is 1.67 bits per heavy atom. The van der Waals surface area contributed by atoms with Gasteiger partial charge in [0.15, 0.2) is 25.1 Å². The highest BCUT2D eigenvalue weighted by atomic mass is 16.7. The molecule has 0 saturated heterocycles. The van der Waals surface area contributed by atoms with Crippen LogP contribution in [0.3, 0.4) is 0 Å². The third kappa shape index (κ3) is 3.42. The summed E-state index contributed by atoms with van der Waals surface area (Å²) in [7, 11) is 3.15. The van der Waals surface area contributed by atoms with Crippen molar-refractivity contribution in [1.82, 2.24) is 0 Å². The van der Waals surface area contributed by atoms with Gasteiger partial charge in [0, 0.05) is 14.2 Å². The molecule has 1 aromatic rings. The topological polar surface area (TPSA) is 36.9 Å². The summed E-state index contributed by atoms with van der Waals surface area (Å²) in [5.41, 5.74) is 1.00. The summed E-state index contributed by atoms with van der Waals surface area (Å²) in [6.07, 6.45) is 0. The van der Waals surface area contributed by atoms with Crippen molar-refractivity contribution in [3.63, 3.8) is 0 Å². The molecule has 0 aliphatic rings. The van der Waals surface area contributed by atoms with Crippen LogP contribution in [0.4, 0.5) is 0 Å². The molecule has 1 aromatic carbocycles. The highest BCUT2D eigenvalue weighted by molar-refractivity contribution is 5.45. The van der Waals surface area contributed by atoms with Crippen LogP contribution in [0.1, 0.15) is 5.56 Å². The van der Waals surface area contributed by atoms with E-state index < -0.39 is 0 Å². The van der Waals surface area contributed by atoms with Crippen molar-refractivity contribution in [2.75, 3.05) is 27.8 Å². The molecule has 15 heavy (non-hydrogen) atoms. The highest BCUT2D eigenvalue weighted by Gasteiger charge is 2.07. The zero-order valence-electron chi connectivity index (χ0n) is 9.28. The first-order chi connectivity index (χ1) is 7.29. The summed E-state index contributed by atoms with van der Waals surface area (Å²) in [5.74, 6) is 1.35. The molecule has 0 spiro atoms. The Morgan fingerprint density at radius 1 is 1.00 bits per heavy atom. The van der Waals surface area contributed by atoms with Crippen LogP contribution in [-0.4, -0.2) is 27.8 Å². The summed E-state index contributed by atoms with van der Waals surface area (Å²) in [6.45, 7) is 2.35. The molecular formula is C11H16O4. The van der Waals surface area contributed by atoms with Gasteiger partial charge in [-0.05, 0) is 18.6 Å². The van der Waals surface area contributed by atoms with Gasteiger partial charge >= 0.3 is 0 Å². The minimum absolute atomic E-state index is 0.201. The van der Waals surface area contributed by atoms with Gasteiger partial charge in [0.2, 0.25) is 0 Å². The van der Waals surface area contributed by atoms with Gasteiger partial charge in [-0.2, -0.15) is 0 Å². The molecule has 0 bridgehead atoms. The lowest BCUT2D eigenvalue weighted by Gasteiger charge is -2.13. The van der Waals surface area contributed by atoms with Gasteiger partial charge < -0.3 is 18.9 Å². The highest BCUT2D eigenvalue weighted by Crippen LogP contribution is 2.30. The molecule has 0 aromatic heterocycles. The van der Waals surface area contributed by atoms with Crippen LogP contribution in [0.5, 0.6) is 11.5 Å². The van der Waals surface area contributed by atoms with Crippen LogP contribution in [0.2, 0.25) is 0 Å². The second-order valence-corrected chi connectivity index (χ2v) is 3.00.